The van der Waals surface area contributed by atoms with Crippen LogP contribution < -0.4 is 4.74 Å². The summed E-state index contributed by atoms with van der Waals surface area (Å²) in [7, 11) is 3.26. The highest BCUT2D eigenvalue weighted by atomic mass is 16.5. The lowest BCUT2D eigenvalue weighted by Gasteiger charge is -2.40. The maximum absolute atomic E-state index is 12.6. The van der Waals surface area contributed by atoms with Crippen LogP contribution in [0.15, 0.2) is 28.7 Å². The first kappa shape index (κ1) is 21.9. The summed E-state index contributed by atoms with van der Waals surface area (Å²) in [5.74, 6) is 1.70. The van der Waals surface area contributed by atoms with Crippen LogP contribution in [-0.4, -0.2) is 64.4 Å². The van der Waals surface area contributed by atoms with Crippen molar-refractivity contribution in [2.75, 3.05) is 14.2 Å². The van der Waals surface area contributed by atoms with E-state index in [9.17, 15) is 9.59 Å². The maximum Gasteiger partial charge on any atom is 0.290 e. The summed E-state index contributed by atoms with van der Waals surface area (Å²) in [5, 5.41) is 6.89. The van der Waals surface area contributed by atoms with E-state index in [4.69, 9.17) is 19.1 Å². The molecule has 9 heteroatoms. The molecule has 1 aromatic carbocycles. The number of aromatic nitrogens is 1. The zero-order valence-corrected chi connectivity index (χ0v) is 17.1. The van der Waals surface area contributed by atoms with Crippen molar-refractivity contribution in [3.05, 3.63) is 35.7 Å². The smallest absolute Gasteiger partial charge is 0.290 e. The molecule has 3 rings (SSSR count). The second-order valence-electron chi connectivity index (χ2n) is 6.62. The molecule has 29 heavy (non-hydrogen) atoms. The molecular formula is C20H25N3O6. The Labute approximate surface area is 168 Å². The van der Waals surface area contributed by atoms with Crippen LogP contribution in [0.3, 0.4) is 0 Å². The van der Waals surface area contributed by atoms with Gasteiger partial charge in [0.2, 0.25) is 17.7 Å². The van der Waals surface area contributed by atoms with Crippen LogP contribution in [0.2, 0.25) is 0 Å². The van der Waals surface area contributed by atoms with Gasteiger partial charge in [-0.05, 0) is 45.0 Å². The number of aryl methyl sites for hydroxylation is 1. The topological polar surface area (TPSA) is 113 Å². The lowest BCUT2D eigenvalue weighted by molar-refractivity contribution is -0.159. The number of ether oxygens (including phenoxy) is 1. The number of rotatable bonds is 4. The van der Waals surface area contributed by atoms with Crippen molar-refractivity contribution in [3.63, 3.8) is 0 Å². The highest BCUT2D eigenvalue weighted by Gasteiger charge is 2.40. The average molecular weight is 403 g/mol. The zero-order chi connectivity index (χ0) is 21.7. The number of hydrogen-bond acceptors (Lipinski definition) is 6. The predicted molar refractivity (Wildman–Crippen MR) is 104 cm³/mol. The number of likely N-dealkylation sites (N-methyl/N-ethyl adjacent to an activating group) is 1. The standard InChI is InChI=1S/C19H23N3O4.CH2O2/c1-11-19(24)22(12(2)18(23)21(11)4)10-16-13(3)26-17(20-16)14-6-8-15(25-5)9-7-14;2-1-3/h6-9,11-12H,10H2,1-5H3;1H,(H,2,3)/t11-,12-;/m0./s1. The molecular weight excluding hydrogens is 378 g/mol. The molecule has 2 heterocycles. The molecule has 1 N–H and O–H groups in total. The third-order valence-corrected chi connectivity index (χ3v) is 4.94. The Hall–Kier alpha value is -3.36. The molecule has 0 radical (unpaired) electrons. The SMILES string of the molecule is COc1ccc(-c2nc(CN3C(=O)[C@H](C)N(C)C(=O)[C@@H]3C)c(C)o2)cc1.O=CO. The van der Waals surface area contributed by atoms with E-state index in [1.54, 1.807) is 32.9 Å². The fraction of sp³-hybridized carbons (Fsp3) is 0.400. The lowest BCUT2D eigenvalue weighted by atomic mass is 10.1. The van der Waals surface area contributed by atoms with Crippen molar-refractivity contribution in [1.29, 1.82) is 0 Å². The molecule has 1 aliphatic rings. The largest absolute Gasteiger partial charge is 0.497 e. The van der Waals surface area contributed by atoms with E-state index in [-0.39, 0.29) is 24.8 Å². The van der Waals surface area contributed by atoms with E-state index in [2.05, 4.69) is 4.98 Å². The number of hydrogen-bond donors (Lipinski definition) is 1. The Bertz CT molecular complexity index is 877. The minimum absolute atomic E-state index is 0.0753. The van der Waals surface area contributed by atoms with Gasteiger partial charge in [0.15, 0.2) is 0 Å². The molecule has 0 bridgehead atoms. The van der Waals surface area contributed by atoms with Gasteiger partial charge in [-0.1, -0.05) is 0 Å². The summed E-state index contributed by atoms with van der Waals surface area (Å²) in [4.78, 5) is 40.9. The van der Waals surface area contributed by atoms with Crippen LogP contribution in [0.5, 0.6) is 5.75 Å². The van der Waals surface area contributed by atoms with Crippen molar-refractivity contribution in [3.8, 4) is 17.2 Å². The van der Waals surface area contributed by atoms with E-state index >= 15 is 0 Å². The van der Waals surface area contributed by atoms with Crippen molar-refractivity contribution >= 4 is 18.3 Å². The highest BCUT2D eigenvalue weighted by Crippen LogP contribution is 2.26. The van der Waals surface area contributed by atoms with Crippen LogP contribution in [0, 0.1) is 6.92 Å². The molecule has 156 valence electrons. The van der Waals surface area contributed by atoms with E-state index in [0.717, 1.165) is 11.3 Å². The Morgan fingerprint density at radius 3 is 2.31 bits per heavy atom. The molecule has 2 amide bonds. The van der Waals surface area contributed by atoms with Gasteiger partial charge < -0.3 is 24.1 Å². The van der Waals surface area contributed by atoms with Gasteiger partial charge >= 0.3 is 0 Å². The maximum atomic E-state index is 12.6. The van der Waals surface area contributed by atoms with Crippen LogP contribution in [-0.2, 0) is 20.9 Å². The first-order valence-corrected chi connectivity index (χ1v) is 9.00. The predicted octanol–water partition coefficient (Wildman–Crippen LogP) is 1.94. The van der Waals surface area contributed by atoms with Gasteiger partial charge in [0.25, 0.3) is 6.47 Å². The summed E-state index contributed by atoms with van der Waals surface area (Å²) in [5.41, 5.74) is 1.47. The number of nitrogens with zero attached hydrogens (tertiary/aromatic N) is 3. The molecule has 1 saturated heterocycles. The van der Waals surface area contributed by atoms with Crippen LogP contribution in [0.4, 0.5) is 0 Å². The van der Waals surface area contributed by atoms with E-state index in [1.807, 2.05) is 31.2 Å². The van der Waals surface area contributed by atoms with Gasteiger partial charge in [0.05, 0.1) is 13.7 Å². The Morgan fingerprint density at radius 1 is 1.17 bits per heavy atom. The summed E-state index contributed by atoms with van der Waals surface area (Å²) in [6, 6.07) is 6.39. The fourth-order valence-electron chi connectivity index (χ4n) is 3.02. The summed E-state index contributed by atoms with van der Waals surface area (Å²) < 4.78 is 10.9. The molecule has 1 fully saturated rings. The third kappa shape index (κ3) is 4.56. The summed E-state index contributed by atoms with van der Waals surface area (Å²) >= 11 is 0. The highest BCUT2D eigenvalue weighted by molar-refractivity contribution is 5.96. The molecule has 0 saturated carbocycles. The van der Waals surface area contributed by atoms with Crippen LogP contribution >= 0.6 is 0 Å². The first-order chi connectivity index (χ1) is 13.7. The van der Waals surface area contributed by atoms with Gasteiger partial charge in [-0.3, -0.25) is 14.4 Å². The second kappa shape index (κ2) is 9.22. The number of carboxylic acid groups (broad SMARTS) is 1. The van der Waals surface area contributed by atoms with Crippen LogP contribution in [0.1, 0.15) is 25.3 Å². The molecule has 2 aromatic rings. The monoisotopic (exact) mass is 403 g/mol. The number of amides is 2. The van der Waals surface area contributed by atoms with E-state index < -0.39 is 12.1 Å². The Morgan fingerprint density at radius 2 is 1.76 bits per heavy atom. The molecule has 1 aromatic heterocycles. The minimum Gasteiger partial charge on any atom is -0.497 e. The normalized spacial score (nSPS) is 18.9. The molecule has 1 aliphatic heterocycles. The summed E-state index contributed by atoms with van der Waals surface area (Å²) in [6.45, 7) is 5.28. The number of oxazole rings is 1. The van der Waals surface area contributed by atoms with Crippen molar-refractivity contribution in [2.45, 2.75) is 39.4 Å². The Kier molecular flexibility index (Phi) is 6.98. The number of piperazine rings is 1. The van der Waals surface area contributed by atoms with Gasteiger partial charge in [-0.2, -0.15) is 0 Å². The van der Waals surface area contributed by atoms with Gasteiger partial charge in [0, 0.05) is 12.6 Å². The van der Waals surface area contributed by atoms with Crippen molar-refractivity contribution in [1.82, 2.24) is 14.8 Å². The number of carbonyl (C=O) groups is 3. The fourth-order valence-corrected chi connectivity index (χ4v) is 3.02. The van der Waals surface area contributed by atoms with Crippen molar-refractivity contribution < 1.29 is 28.6 Å². The van der Waals surface area contributed by atoms with Crippen LogP contribution in [0.25, 0.3) is 11.5 Å². The van der Waals surface area contributed by atoms with Crippen molar-refractivity contribution in [2.24, 2.45) is 0 Å². The van der Waals surface area contributed by atoms with E-state index in [0.29, 0.717) is 17.3 Å². The quantitative estimate of drug-likeness (QED) is 0.776. The second-order valence-corrected chi connectivity index (χ2v) is 6.62. The van der Waals surface area contributed by atoms with Gasteiger partial charge in [0.1, 0.15) is 29.3 Å². The first-order valence-electron chi connectivity index (χ1n) is 9.00. The molecule has 0 spiro atoms. The summed E-state index contributed by atoms with van der Waals surface area (Å²) in [6.07, 6.45) is 0. The number of carbonyl (C=O) groups excluding carboxylic acids is 2. The average Bonchev–Trinajstić information content (AvgIpc) is 3.09. The minimum atomic E-state index is -0.524. The lowest BCUT2D eigenvalue weighted by Crippen LogP contribution is -2.61. The molecule has 9 nitrogen and oxygen atoms in total. The number of methoxy groups -OCH3 is 1. The molecule has 2 atom stereocenters. The number of benzene rings is 1. The van der Waals surface area contributed by atoms with E-state index in [1.165, 1.54) is 4.90 Å². The zero-order valence-electron chi connectivity index (χ0n) is 17.1. The van der Waals surface area contributed by atoms with Gasteiger partial charge in [-0.25, -0.2) is 4.98 Å². The molecule has 0 unspecified atom stereocenters. The Balaban J connectivity index is 0.000000941. The molecule has 0 aliphatic carbocycles. The van der Waals surface area contributed by atoms with Gasteiger partial charge in [-0.15, -0.1) is 0 Å². The third-order valence-electron chi connectivity index (χ3n) is 4.94.